The van der Waals surface area contributed by atoms with E-state index in [-0.39, 0.29) is 24.2 Å². The third-order valence-corrected chi connectivity index (χ3v) is 2.58. The maximum Gasteiger partial charge on any atom is 0.328 e. The summed E-state index contributed by atoms with van der Waals surface area (Å²) >= 11 is 0. The van der Waals surface area contributed by atoms with E-state index in [0.717, 1.165) is 19.4 Å². The Morgan fingerprint density at radius 2 is 2.19 bits per heavy atom. The third-order valence-electron chi connectivity index (χ3n) is 2.58. The Labute approximate surface area is 102 Å². The summed E-state index contributed by atoms with van der Waals surface area (Å²) in [7, 11) is 1.31. The van der Waals surface area contributed by atoms with E-state index in [1.807, 2.05) is 0 Å². The number of halogens is 1. The predicted molar refractivity (Wildman–Crippen MR) is 62.5 cm³/mol. The van der Waals surface area contributed by atoms with Gasteiger partial charge < -0.3 is 15.4 Å². The zero-order chi connectivity index (χ0) is 11.3. The summed E-state index contributed by atoms with van der Waals surface area (Å²) in [5.74, 6) is -0.502. The lowest BCUT2D eigenvalue weighted by Crippen LogP contribution is -2.46. The van der Waals surface area contributed by atoms with Crippen LogP contribution in [0.25, 0.3) is 0 Å². The molecule has 94 valence electrons. The number of rotatable bonds is 3. The van der Waals surface area contributed by atoms with E-state index >= 15 is 0 Å². The standard InChI is InChI=1S/C10H18N2O3.ClH/c1-7(10(14)15-2)12-9(13)8-4-3-5-11-6-8;/h7-8,11H,3-6H2,1-2H3,(H,12,13);1H/t7-,8-;/m1./s1. The average molecular weight is 251 g/mol. The molecule has 1 heterocycles. The average Bonchev–Trinajstić information content (AvgIpc) is 2.29. The molecule has 1 aliphatic rings. The van der Waals surface area contributed by atoms with Gasteiger partial charge in [0, 0.05) is 6.54 Å². The fourth-order valence-electron chi connectivity index (χ4n) is 1.64. The van der Waals surface area contributed by atoms with Crippen LogP contribution in [0.4, 0.5) is 0 Å². The number of esters is 1. The molecule has 0 aromatic heterocycles. The first-order valence-corrected chi connectivity index (χ1v) is 5.24. The minimum absolute atomic E-state index is 0. The van der Waals surface area contributed by atoms with Crippen molar-refractivity contribution in [1.82, 2.24) is 10.6 Å². The highest BCUT2D eigenvalue weighted by molar-refractivity contribution is 5.85. The topological polar surface area (TPSA) is 67.4 Å². The predicted octanol–water partition coefficient (Wildman–Crippen LogP) is 0.0855. The summed E-state index contributed by atoms with van der Waals surface area (Å²) in [5.41, 5.74) is 0. The van der Waals surface area contributed by atoms with Crippen LogP contribution >= 0.6 is 12.4 Å². The Morgan fingerprint density at radius 3 is 2.69 bits per heavy atom. The van der Waals surface area contributed by atoms with E-state index < -0.39 is 12.0 Å². The number of carbonyl (C=O) groups excluding carboxylic acids is 2. The van der Waals surface area contributed by atoms with Crippen LogP contribution in [-0.2, 0) is 14.3 Å². The first-order chi connectivity index (χ1) is 7.15. The molecule has 0 saturated carbocycles. The molecule has 0 aliphatic carbocycles. The molecule has 5 nitrogen and oxygen atoms in total. The van der Waals surface area contributed by atoms with E-state index in [1.165, 1.54) is 7.11 Å². The summed E-state index contributed by atoms with van der Waals surface area (Å²) in [6.45, 7) is 3.29. The molecule has 0 aromatic carbocycles. The summed E-state index contributed by atoms with van der Waals surface area (Å²) in [4.78, 5) is 22.7. The number of ether oxygens (including phenoxy) is 1. The summed E-state index contributed by atoms with van der Waals surface area (Å²) in [5, 5.41) is 5.80. The van der Waals surface area contributed by atoms with E-state index in [2.05, 4.69) is 15.4 Å². The Hall–Kier alpha value is -0.810. The van der Waals surface area contributed by atoms with E-state index in [9.17, 15) is 9.59 Å². The summed E-state index contributed by atoms with van der Waals surface area (Å²) in [6.07, 6.45) is 1.89. The first kappa shape index (κ1) is 15.2. The van der Waals surface area contributed by atoms with Crippen molar-refractivity contribution < 1.29 is 14.3 Å². The number of carbonyl (C=O) groups is 2. The Balaban J connectivity index is 0.00000225. The van der Waals surface area contributed by atoms with Crippen LogP contribution in [0.2, 0.25) is 0 Å². The molecule has 0 unspecified atom stereocenters. The lowest BCUT2D eigenvalue weighted by molar-refractivity contribution is -0.145. The van der Waals surface area contributed by atoms with Crippen LogP contribution in [0, 0.1) is 5.92 Å². The number of hydrogen-bond donors (Lipinski definition) is 2. The minimum atomic E-state index is -0.565. The fraction of sp³-hybridized carbons (Fsp3) is 0.800. The van der Waals surface area contributed by atoms with Gasteiger partial charge in [-0.25, -0.2) is 4.79 Å². The fourth-order valence-corrected chi connectivity index (χ4v) is 1.64. The van der Waals surface area contributed by atoms with Gasteiger partial charge in [-0.1, -0.05) is 0 Å². The van der Waals surface area contributed by atoms with Crippen molar-refractivity contribution in [3.05, 3.63) is 0 Å². The molecule has 0 aromatic rings. The number of hydrogen-bond acceptors (Lipinski definition) is 4. The van der Waals surface area contributed by atoms with Gasteiger partial charge in [-0.15, -0.1) is 12.4 Å². The molecule has 0 bridgehead atoms. The van der Waals surface area contributed by atoms with E-state index in [0.29, 0.717) is 6.54 Å². The van der Waals surface area contributed by atoms with Gasteiger partial charge in [0.2, 0.25) is 5.91 Å². The van der Waals surface area contributed by atoms with Crippen molar-refractivity contribution >= 4 is 24.3 Å². The Kier molecular flexibility index (Phi) is 7.08. The molecule has 1 fully saturated rings. The highest BCUT2D eigenvalue weighted by Crippen LogP contribution is 2.09. The zero-order valence-electron chi connectivity index (χ0n) is 9.62. The van der Waals surface area contributed by atoms with Gasteiger partial charge in [0.25, 0.3) is 0 Å². The van der Waals surface area contributed by atoms with Gasteiger partial charge in [0.05, 0.1) is 13.0 Å². The van der Waals surface area contributed by atoms with Gasteiger partial charge in [-0.3, -0.25) is 4.79 Å². The molecule has 1 amide bonds. The van der Waals surface area contributed by atoms with Gasteiger partial charge in [-0.05, 0) is 26.3 Å². The maximum atomic E-state index is 11.7. The van der Waals surface area contributed by atoms with Crippen LogP contribution < -0.4 is 10.6 Å². The van der Waals surface area contributed by atoms with Crippen molar-refractivity contribution in [2.24, 2.45) is 5.92 Å². The maximum absolute atomic E-state index is 11.7. The van der Waals surface area contributed by atoms with Crippen LogP contribution in [0.3, 0.4) is 0 Å². The molecule has 0 spiro atoms. The van der Waals surface area contributed by atoms with Crippen molar-refractivity contribution in [2.45, 2.75) is 25.8 Å². The smallest absolute Gasteiger partial charge is 0.328 e. The third kappa shape index (κ3) is 4.37. The van der Waals surface area contributed by atoms with Crippen molar-refractivity contribution in [2.75, 3.05) is 20.2 Å². The Bertz CT molecular complexity index is 242. The monoisotopic (exact) mass is 250 g/mol. The highest BCUT2D eigenvalue weighted by Gasteiger charge is 2.24. The summed E-state index contributed by atoms with van der Waals surface area (Å²) < 4.78 is 4.53. The van der Waals surface area contributed by atoms with E-state index in [4.69, 9.17) is 0 Å². The van der Waals surface area contributed by atoms with Gasteiger partial charge >= 0.3 is 5.97 Å². The molecular weight excluding hydrogens is 232 g/mol. The second-order valence-corrected chi connectivity index (χ2v) is 3.80. The largest absolute Gasteiger partial charge is 0.467 e. The summed E-state index contributed by atoms with van der Waals surface area (Å²) in [6, 6.07) is -0.565. The molecular formula is C10H19ClN2O3. The molecule has 2 N–H and O–H groups in total. The number of nitrogens with one attached hydrogen (secondary N) is 2. The number of amides is 1. The number of piperidine rings is 1. The van der Waals surface area contributed by atoms with Crippen molar-refractivity contribution in [3.8, 4) is 0 Å². The van der Waals surface area contributed by atoms with Crippen LogP contribution in [0.15, 0.2) is 0 Å². The normalized spacial score (nSPS) is 21.5. The van der Waals surface area contributed by atoms with E-state index in [1.54, 1.807) is 6.92 Å². The second kappa shape index (κ2) is 7.46. The van der Waals surface area contributed by atoms with Crippen LogP contribution in [0.5, 0.6) is 0 Å². The lowest BCUT2D eigenvalue weighted by atomic mass is 9.98. The molecule has 2 atom stereocenters. The first-order valence-electron chi connectivity index (χ1n) is 5.24. The molecule has 1 aliphatic heterocycles. The molecule has 16 heavy (non-hydrogen) atoms. The minimum Gasteiger partial charge on any atom is -0.467 e. The lowest BCUT2D eigenvalue weighted by Gasteiger charge is -2.23. The zero-order valence-corrected chi connectivity index (χ0v) is 10.4. The quantitative estimate of drug-likeness (QED) is 0.697. The van der Waals surface area contributed by atoms with Gasteiger partial charge in [0.15, 0.2) is 0 Å². The number of methoxy groups -OCH3 is 1. The molecule has 1 saturated heterocycles. The van der Waals surface area contributed by atoms with Crippen LogP contribution in [-0.4, -0.2) is 38.1 Å². The second-order valence-electron chi connectivity index (χ2n) is 3.80. The van der Waals surface area contributed by atoms with Crippen molar-refractivity contribution in [3.63, 3.8) is 0 Å². The SMILES string of the molecule is COC(=O)[C@@H](C)NC(=O)[C@@H]1CCCNC1.Cl. The Morgan fingerprint density at radius 1 is 1.50 bits per heavy atom. The molecule has 0 radical (unpaired) electrons. The van der Waals surface area contributed by atoms with Crippen LogP contribution in [0.1, 0.15) is 19.8 Å². The molecule has 6 heteroatoms. The molecule has 1 rings (SSSR count). The van der Waals surface area contributed by atoms with Gasteiger partial charge in [-0.2, -0.15) is 0 Å². The van der Waals surface area contributed by atoms with Crippen molar-refractivity contribution in [1.29, 1.82) is 0 Å². The highest BCUT2D eigenvalue weighted by atomic mass is 35.5. The van der Waals surface area contributed by atoms with Gasteiger partial charge in [0.1, 0.15) is 6.04 Å².